The van der Waals surface area contributed by atoms with Crippen LogP contribution in [0, 0.1) is 0 Å². The zero-order valence-electron chi connectivity index (χ0n) is 8.74. The van der Waals surface area contributed by atoms with E-state index in [1.54, 1.807) is 0 Å². The molecule has 1 atom stereocenters. The van der Waals surface area contributed by atoms with E-state index in [-0.39, 0.29) is 0 Å². The predicted molar refractivity (Wildman–Crippen MR) is 62.4 cm³/mol. The van der Waals surface area contributed by atoms with Gasteiger partial charge in [0.25, 0.3) is 0 Å². The van der Waals surface area contributed by atoms with Crippen molar-refractivity contribution in [1.82, 2.24) is 4.67 Å². The molecule has 1 saturated heterocycles. The van der Waals surface area contributed by atoms with Crippen LogP contribution in [0.15, 0.2) is 12.2 Å². The van der Waals surface area contributed by atoms with Gasteiger partial charge < -0.3 is 0 Å². The Morgan fingerprint density at radius 3 is 3.00 bits per heavy atom. The molecule has 0 aliphatic carbocycles. The number of hydrogen-bond acceptors (Lipinski definition) is 1. The van der Waals surface area contributed by atoms with Gasteiger partial charge in [0.05, 0.1) is 0 Å². The highest BCUT2D eigenvalue weighted by molar-refractivity contribution is 7.36. The standard InChI is InChI=1S/C11H20NP/c1-3-4-5-6-10-13-12-9-7-8-11(12)2/h5-6,10-11H,3-4,7-9H2,1-2H3/b6-5+. The molecular formula is C11H20NP. The van der Waals surface area contributed by atoms with Crippen molar-refractivity contribution < 1.29 is 0 Å². The van der Waals surface area contributed by atoms with Crippen molar-refractivity contribution in [1.29, 1.82) is 0 Å². The van der Waals surface area contributed by atoms with Crippen molar-refractivity contribution in [2.24, 2.45) is 0 Å². The Bertz CT molecular complexity index is 187. The van der Waals surface area contributed by atoms with Gasteiger partial charge in [0.2, 0.25) is 0 Å². The first-order chi connectivity index (χ1) is 6.34. The molecule has 0 aromatic carbocycles. The minimum absolute atomic E-state index is 0.789. The van der Waals surface area contributed by atoms with E-state index in [0.717, 1.165) is 6.04 Å². The molecule has 0 bridgehead atoms. The average Bonchev–Trinajstić information content (AvgIpc) is 2.52. The molecule has 74 valence electrons. The highest BCUT2D eigenvalue weighted by atomic mass is 31.1. The smallest absolute Gasteiger partial charge is 0.0152 e. The van der Waals surface area contributed by atoms with Crippen LogP contribution < -0.4 is 0 Å². The molecule has 0 spiro atoms. The third-order valence-corrected chi connectivity index (χ3v) is 3.61. The Morgan fingerprint density at radius 1 is 1.54 bits per heavy atom. The molecule has 0 aromatic rings. The van der Waals surface area contributed by atoms with Gasteiger partial charge in [0, 0.05) is 12.6 Å². The predicted octanol–water partition coefficient (Wildman–Crippen LogP) is 3.49. The van der Waals surface area contributed by atoms with Crippen LogP contribution in [0.4, 0.5) is 0 Å². The van der Waals surface area contributed by atoms with Crippen LogP contribution in [0.3, 0.4) is 0 Å². The molecule has 1 rings (SSSR count). The first-order valence-corrected chi connectivity index (χ1v) is 6.22. The van der Waals surface area contributed by atoms with Crippen molar-refractivity contribution in [2.45, 2.75) is 45.6 Å². The molecule has 1 fully saturated rings. The first kappa shape index (κ1) is 10.9. The van der Waals surface area contributed by atoms with E-state index in [1.807, 2.05) is 0 Å². The van der Waals surface area contributed by atoms with Crippen molar-refractivity contribution >= 4 is 14.2 Å². The van der Waals surface area contributed by atoms with E-state index in [4.69, 9.17) is 0 Å². The third kappa shape index (κ3) is 4.06. The molecule has 0 saturated carbocycles. The van der Waals surface area contributed by atoms with E-state index in [2.05, 4.69) is 36.5 Å². The summed E-state index contributed by atoms with van der Waals surface area (Å²) in [5.74, 6) is 2.26. The fourth-order valence-corrected chi connectivity index (χ4v) is 2.51. The van der Waals surface area contributed by atoms with Crippen LogP contribution in [0.5, 0.6) is 0 Å². The lowest BCUT2D eigenvalue weighted by Crippen LogP contribution is -2.15. The van der Waals surface area contributed by atoms with Crippen LogP contribution in [-0.4, -0.2) is 23.1 Å². The Kier molecular flexibility index (Phi) is 5.34. The zero-order valence-corrected chi connectivity index (χ0v) is 9.63. The van der Waals surface area contributed by atoms with Crippen molar-refractivity contribution in [3.05, 3.63) is 12.2 Å². The van der Waals surface area contributed by atoms with Gasteiger partial charge in [-0.2, -0.15) is 0 Å². The lowest BCUT2D eigenvalue weighted by atomic mass is 10.3. The second kappa shape index (κ2) is 6.34. The number of allylic oxidation sites excluding steroid dienone is 2. The van der Waals surface area contributed by atoms with Gasteiger partial charge in [0.15, 0.2) is 0 Å². The van der Waals surface area contributed by atoms with Gasteiger partial charge in [-0.1, -0.05) is 25.5 Å². The lowest BCUT2D eigenvalue weighted by Gasteiger charge is -2.13. The highest BCUT2D eigenvalue weighted by Gasteiger charge is 2.17. The summed E-state index contributed by atoms with van der Waals surface area (Å²) in [7, 11) is 1.38. The largest absolute Gasteiger partial charge is 0.255 e. The summed E-state index contributed by atoms with van der Waals surface area (Å²) in [6.07, 6.45) is 9.67. The first-order valence-electron chi connectivity index (χ1n) is 5.30. The number of rotatable bonds is 4. The molecule has 1 unspecified atom stereocenters. The SMILES string of the molecule is CCC/C=C/C=P/N1CCCC1C. The topological polar surface area (TPSA) is 3.24 Å². The quantitative estimate of drug-likeness (QED) is 0.623. The van der Waals surface area contributed by atoms with Crippen LogP contribution in [0.1, 0.15) is 39.5 Å². The van der Waals surface area contributed by atoms with E-state index < -0.39 is 0 Å². The van der Waals surface area contributed by atoms with Gasteiger partial charge in [0.1, 0.15) is 0 Å². The zero-order chi connectivity index (χ0) is 9.52. The van der Waals surface area contributed by atoms with Gasteiger partial charge in [-0.15, -0.1) is 0 Å². The summed E-state index contributed by atoms with van der Waals surface area (Å²) in [6.45, 7) is 5.81. The van der Waals surface area contributed by atoms with Gasteiger partial charge in [-0.3, -0.25) is 4.67 Å². The van der Waals surface area contributed by atoms with Crippen molar-refractivity contribution in [3.8, 4) is 0 Å². The molecule has 1 aliphatic heterocycles. The minimum Gasteiger partial charge on any atom is -0.255 e. The second-order valence-electron chi connectivity index (χ2n) is 3.64. The maximum absolute atomic E-state index is 2.52. The van der Waals surface area contributed by atoms with Crippen LogP contribution in [0.2, 0.25) is 0 Å². The maximum Gasteiger partial charge on any atom is 0.0152 e. The maximum atomic E-state index is 2.52. The summed E-state index contributed by atoms with van der Waals surface area (Å²) in [5.41, 5.74) is 0. The minimum atomic E-state index is 0.789. The molecule has 13 heavy (non-hydrogen) atoms. The normalized spacial score (nSPS) is 25.2. The second-order valence-corrected chi connectivity index (χ2v) is 4.68. The summed E-state index contributed by atoms with van der Waals surface area (Å²) in [6, 6.07) is 0.789. The van der Waals surface area contributed by atoms with Gasteiger partial charge in [-0.05, 0) is 40.3 Å². The van der Waals surface area contributed by atoms with E-state index in [9.17, 15) is 0 Å². The number of nitrogens with zero attached hydrogens (tertiary/aromatic N) is 1. The van der Waals surface area contributed by atoms with E-state index >= 15 is 0 Å². The molecular weight excluding hydrogens is 177 g/mol. The summed E-state index contributed by atoms with van der Waals surface area (Å²) >= 11 is 0. The average molecular weight is 197 g/mol. The molecule has 0 aromatic heterocycles. The van der Waals surface area contributed by atoms with Crippen LogP contribution in [0.25, 0.3) is 0 Å². The fraction of sp³-hybridized carbons (Fsp3) is 0.727. The van der Waals surface area contributed by atoms with Gasteiger partial charge in [-0.25, -0.2) is 0 Å². The summed E-state index contributed by atoms with van der Waals surface area (Å²) in [5, 5.41) is 0. The van der Waals surface area contributed by atoms with Crippen LogP contribution >= 0.6 is 8.35 Å². The summed E-state index contributed by atoms with van der Waals surface area (Å²) in [4.78, 5) is 0. The Balaban J connectivity index is 2.22. The number of unbranched alkanes of at least 4 members (excludes halogenated alkanes) is 1. The van der Waals surface area contributed by atoms with Crippen LogP contribution in [-0.2, 0) is 0 Å². The molecule has 0 radical (unpaired) electrons. The Morgan fingerprint density at radius 2 is 2.38 bits per heavy atom. The Hall–Kier alpha value is -0.130. The lowest BCUT2D eigenvalue weighted by molar-refractivity contribution is 0.465. The number of hydrogen-bond donors (Lipinski definition) is 0. The summed E-state index contributed by atoms with van der Waals surface area (Å²) < 4.78 is 2.52. The molecule has 0 N–H and O–H groups in total. The van der Waals surface area contributed by atoms with E-state index in [0.29, 0.717) is 0 Å². The molecule has 1 heterocycles. The van der Waals surface area contributed by atoms with Gasteiger partial charge >= 0.3 is 0 Å². The molecule has 2 heteroatoms. The van der Waals surface area contributed by atoms with Crippen molar-refractivity contribution in [3.63, 3.8) is 0 Å². The monoisotopic (exact) mass is 197 g/mol. The Labute approximate surface area is 83.7 Å². The van der Waals surface area contributed by atoms with E-state index in [1.165, 1.54) is 40.6 Å². The van der Waals surface area contributed by atoms with Crippen molar-refractivity contribution in [2.75, 3.05) is 6.54 Å². The fourth-order valence-electron chi connectivity index (χ4n) is 1.54. The molecule has 0 amide bonds. The highest BCUT2D eigenvalue weighted by Crippen LogP contribution is 2.23. The third-order valence-electron chi connectivity index (χ3n) is 2.41. The molecule has 1 aliphatic rings. The molecule has 1 nitrogen and oxygen atoms in total.